The molecule has 9 heavy (non-hydrogen) atoms. The van der Waals surface area contributed by atoms with Crippen molar-refractivity contribution < 1.29 is 5.11 Å². The first-order valence-electron chi connectivity index (χ1n) is 2.85. The average molecular weight is 146 g/mol. The van der Waals surface area contributed by atoms with Crippen LogP contribution in [0.2, 0.25) is 0 Å². The largest absolute Gasteiger partial charge is 0.394 e. The van der Waals surface area contributed by atoms with Gasteiger partial charge < -0.3 is 10.8 Å². The van der Waals surface area contributed by atoms with Gasteiger partial charge in [-0.15, -0.1) is 0 Å². The maximum Gasteiger partial charge on any atom is 0.154 e. The normalized spacial score (nSPS) is 34.7. The Morgan fingerprint density at radius 3 is 2.78 bits per heavy atom. The van der Waals surface area contributed by atoms with E-state index in [1.807, 2.05) is 6.92 Å². The van der Waals surface area contributed by atoms with Crippen LogP contribution in [0.25, 0.3) is 0 Å². The van der Waals surface area contributed by atoms with Crippen molar-refractivity contribution in [3.63, 3.8) is 0 Å². The lowest BCUT2D eigenvalue weighted by Gasteiger charge is -2.06. The molecule has 1 aliphatic rings. The standard InChI is InChI=1S/C5H10N2OS/c1-3-4(2-8)7-5(6)9-3/h3-4,8H,2H2,1H3,(H2,6,7). The van der Waals surface area contributed by atoms with Gasteiger partial charge in [-0.2, -0.15) is 0 Å². The van der Waals surface area contributed by atoms with Crippen LogP contribution in [0.15, 0.2) is 4.99 Å². The van der Waals surface area contributed by atoms with Crippen molar-refractivity contribution in [2.45, 2.75) is 18.2 Å². The van der Waals surface area contributed by atoms with E-state index in [1.165, 1.54) is 11.8 Å². The van der Waals surface area contributed by atoms with Gasteiger partial charge in [-0.3, -0.25) is 4.99 Å². The highest BCUT2D eigenvalue weighted by Gasteiger charge is 2.23. The van der Waals surface area contributed by atoms with Crippen LogP contribution in [0.5, 0.6) is 0 Å². The summed E-state index contributed by atoms with van der Waals surface area (Å²) in [6, 6.07) is 0.0231. The first-order valence-corrected chi connectivity index (χ1v) is 3.73. The lowest BCUT2D eigenvalue weighted by molar-refractivity contribution is 0.268. The van der Waals surface area contributed by atoms with Crippen molar-refractivity contribution in [3.8, 4) is 0 Å². The quantitative estimate of drug-likeness (QED) is 0.538. The predicted molar refractivity (Wildman–Crippen MR) is 39.5 cm³/mol. The van der Waals surface area contributed by atoms with Gasteiger partial charge in [0.2, 0.25) is 0 Å². The molecular weight excluding hydrogens is 136 g/mol. The molecule has 1 aliphatic heterocycles. The summed E-state index contributed by atoms with van der Waals surface area (Å²) < 4.78 is 0. The molecule has 0 bridgehead atoms. The second kappa shape index (κ2) is 2.58. The van der Waals surface area contributed by atoms with Crippen LogP contribution in [0.4, 0.5) is 0 Å². The van der Waals surface area contributed by atoms with Crippen LogP contribution in [0.1, 0.15) is 6.92 Å². The summed E-state index contributed by atoms with van der Waals surface area (Å²) in [5, 5.41) is 9.62. The van der Waals surface area contributed by atoms with Gasteiger partial charge in [0.25, 0.3) is 0 Å². The fourth-order valence-corrected chi connectivity index (χ4v) is 1.64. The molecule has 0 aromatic carbocycles. The average Bonchev–Trinajstić information content (AvgIpc) is 2.10. The van der Waals surface area contributed by atoms with Crippen molar-refractivity contribution in [1.82, 2.24) is 0 Å². The number of nitrogens with two attached hydrogens (primary N) is 1. The van der Waals surface area contributed by atoms with E-state index in [2.05, 4.69) is 4.99 Å². The smallest absolute Gasteiger partial charge is 0.154 e. The lowest BCUT2D eigenvalue weighted by Crippen LogP contribution is -2.17. The maximum atomic E-state index is 8.68. The van der Waals surface area contributed by atoms with Crippen molar-refractivity contribution in [2.75, 3.05) is 6.61 Å². The molecule has 2 atom stereocenters. The van der Waals surface area contributed by atoms with Gasteiger partial charge in [-0.1, -0.05) is 18.7 Å². The van der Waals surface area contributed by atoms with E-state index in [9.17, 15) is 0 Å². The van der Waals surface area contributed by atoms with Crippen LogP contribution >= 0.6 is 11.8 Å². The molecule has 1 rings (SSSR count). The van der Waals surface area contributed by atoms with Gasteiger partial charge in [0, 0.05) is 5.25 Å². The third kappa shape index (κ3) is 1.37. The van der Waals surface area contributed by atoms with E-state index in [0.717, 1.165) is 0 Å². The minimum absolute atomic E-state index is 0.0231. The molecular formula is C5H10N2OS. The zero-order valence-electron chi connectivity index (χ0n) is 5.24. The van der Waals surface area contributed by atoms with Gasteiger partial charge in [0.05, 0.1) is 12.6 Å². The number of rotatable bonds is 1. The Balaban J connectivity index is 2.53. The number of aliphatic hydroxyl groups excluding tert-OH is 1. The third-order valence-electron chi connectivity index (χ3n) is 1.33. The van der Waals surface area contributed by atoms with Crippen LogP contribution in [0.3, 0.4) is 0 Å². The Morgan fingerprint density at radius 1 is 1.89 bits per heavy atom. The Morgan fingerprint density at radius 2 is 2.56 bits per heavy atom. The molecule has 0 amide bonds. The van der Waals surface area contributed by atoms with E-state index < -0.39 is 0 Å². The Kier molecular flexibility index (Phi) is 1.97. The number of nitrogens with zero attached hydrogens (tertiary/aromatic N) is 1. The summed E-state index contributed by atoms with van der Waals surface area (Å²) in [5.74, 6) is 0. The number of amidine groups is 1. The number of thioether (sulfide) groups is 1. The SMILES string of the molecule is CC1SC(N)=NC1CO. The zero-order chi connectivity index (χ0) is 6.85. The highest BCUT2D eigenvalue weighted by molar-refractivity contribution is 8.14. The fraction of sp³-hybridized carbons (Fsp3) is 0.800. The molecule has 0 radical (unpaired) electrons. The second-order valence-corrected chi connectivity index (χ2v) is 3.44. The van der Waals surface area contributed by atoms with E-state index in [0.29, 0.717) is 10.4 Å². The summed E-state index contributed by atoms with van der Waals surface area (Å²) >= 11 is 1.52. The Hall–Kier alpha value is -0.220. The van der Waals surface area contributed by atoms with Crippen molar-refractivity contribution in [2.24, 2.45) is 10.7 Å². The van der Waals surface area contributed by atoms with Crippen LogP contribution in [-0.2, 0) is 0 Å². The van der Waals surface area contributed by atoms with Crippen LogP contribution < -0.4 is 5.73 Å². The summed E-state index contributed by atoms with van der Waals surface area (Å²) in [4.78, 5) is 4.00. The van der Waals surface area contributed by atoms with E-state index in [-0.39, 0.29) is 12.6 Å². The first kappa shape index (κ1) is 6.89. The zero-order valence-corrected chi connectivity index (χ0v) is 6.06. The van der Waals surface area contributed by atoms with Crippen LogP contribution in [0, 0.1) is 0 Å². The molecule has 52 valence electrons. The number of aliphatic hydroxyl groups is 1. The van der Waals surface area contributed by atoms with E-state index >= 15 is 0 Å². The molecule has 4 heteroatoms. The predicted octanol–water partition coefficient (Wildman–Crippen LogP) is -0.203. The van der Waals surface area contributed by atoms with Gasteiger partial charge in [0.15, 0.2) is 5.17 Å². The molecule has 0 saturated heterocycles. The minimum Gasteiger partial charge on any atom is -0.394 e. The summed E-state index contributed by atoms with van der Waals surface area (Å²) in [7, 11) is 0. The molecule has 0 fully saturated rings. The Labute approximate surface area is 58.3 Å². The molecule has 0 saturated carbocycles. The number of hydrogen-bond donors (Lipinski definition) is 2. The summed E-state index contributed by atoms with van der Waals surface area (Å²) in [6.07, 6.45) is 0. The van der Waals surface area contributed by atoms with Gasteiger partial charge in [0.1, 0.15) is 0 Å². The summed E-state index contributed by atoms with van der Waals surface area (Å²) in [6.45, 7) is 2.11. The minimum atomic E-state index is 0.0231. The van der Waals surface area contributed by atoms with E-state index in [4.69, 9.17) is 10.8 Å². The maximum absolute atomic E-state index is 8.68. The number of hydrogen-bond acceptors (Lipinski definition) is 4. The van der Waals surface area contributed by atoms with Crippen molar-refractivity contribution >= 4 is 16.9 Å². The topological polar surface area (TPSA) is 58.6 Å². The number of aliphatic imine (C=N–C) groups is 1. The highest BCUT2D eigenvalue weighted by Crippen LogP contribution is 2.23. The monoisotopic (exact) mass is 146 g/mol. The molecule has 0 aromatic rings. The molecule has 0 aliphatic carbocycles. The summed E-state index contributed by atoms with van der Waals surface area (Å²) in [5.41, 5.74) is 5.39. The van der Waals surface area contributed by atoms with Gasteiger partial charge >= 0.3 is 0 Å². The molecule has 1 heterocycles. The van der Waals surface area contributed by atoms with E-state index in [1.54, 1.807) is 0 Å². The first-order chi connectivity index (χ1) is 4.24. The lowest BCUT2D eigenvalue weighted by atomic mass is 10.2. The third-order valence-corrected chi connectivity index (χ3v) is 2.36. The van der Waals surface area contributed by atoms with Gasteiger partial charge in [-0.25, -0.2) is 0 Å². The molecule has 2 unspecified atom stereocenters. The van der Waals surface area contributed by atoms with Crippen molar-refractivity contribution in [1.29, 1.82) is 0 Å². The van der Waals surface area contributed by atoms with Crippen molar-refractivity contribution in [3.05, 3.63) is 0 Å². The van der Waals surface area contributed by atoms with Crippen LogP contribution in [-0.4, -0.2) is 28.2 Å². The van der Waals surface area contributed by atoms with Gasteiger partial charge in [-0.05, 0) is 0 Å². The fourth-order valence-electron chi connectivity index (χ4n) is 0.757. The Bertz CT molecular complexity index is 137. The molecule has 0 spiro atoms. The molecule has 3 N–H and O–H groups in total. The second-order valence-electron chi connectivity index (χ2n) is 2.04. The molecule has 3 nitrogen and oxygen atoms in total. The molecule has 0 aromatic heterocycles. The highest BCUT2D eigenvalue weighted by atomic mass is 32.2.